The monoisotopic (exact) mass is 312 g/mol. The van der Waals surface area contributed by atoms with Crippen molar-refractivity contribution in [1.82, 2.24) is 5.27 Å². The molecule has 7 heteroatoms. The number of aromatic amines is 1. The molecule has 1 aromatic heterocycles. The van der Waals surface area contributed by atoms with Gasteiger partial charge in [-0.25, -0.2) is 4.79 Å². The Morgan fingerprint density at radius 3 is 2.43 bits per heavy atom. The summed E-state index contributed by atoms with van der Waals surface area (Å²) in [6.45, 7) is -0.0476. The molecule has 2 N–H and O–H groups in total. The number of anilines is 1. The van der Waals surface area contributed by atoms with Crippen molar-refractivity contribution in [2.24, 2.45) is 0 Å². The summed E-state index contributed by atoms with van der Waals surface area (Å²) in [6.07, 6.45) is 1.16. The molecule has 2 aromatic carbocycles. The van der Waals surface area contributed by atoms with Gasteiger partial charge in [-0.1, -0.05) is 22.9 Å². The number of hydrogen-bond donors (Lipinski definition) is 2. The van der Waals surface area contributed by atoms with E-state index < -0.39 is 5.63 Å². The first kappa shape index (κ1) is 14.6. The summed E-state index contributed by atoms with van der Waals surface area (Å²) in [5, 5.41) is 5.02. The van der Waals surface area contributed by atoms with E-state index in [1.165, 1.54) is 4.68 Å². The number of hydrogen-bond acceptors (Lipinski definition) is 4. The van der Waals surface area contributed by atoms with Crippen LogP contribution in [0.5, 0.6) is 11.5 Å². The lowest BCUT2D eigenvalue weighted by Gasteiger charge is -2.07. The zero-order valence-corrected chi connectivity index (χ0v) is 12.1. The van der Waals surface area contributed by atoms with Crippen molar-refractivity contribution in [2.45, 2.75) is 6.54 Å². The van der Waals surface area contributed by atoms with Gasteiger partial charge < -0.3 is 10.1 Å². The van der Waals surface area contributed by atoms with E-state index in [4.69, 9.17) is 4.74 Å². The van der Waals surface area contributed by atoms with Gasteiger partial charge in [-0.2, -0.15) is 0 Å². The molecular weight excluding hydrogens is 298 g/mol. The lowest BCUT2D eigenvalue weighted by molar-refractivity contribution is -0.750. The van der Waals surface area contributed by atoms with Gasteiger partial charge in [0.05, 0.1) is 0 Å². The van der Waals surface area contributed by atoms with Crippen LogP contribution in [-0.4, -0.2) is 11.2 Å². The Kier molecular flexibility index (Phi) is 4.19. The molecule has 3 aromatic rings. The zero-order chi connectivity index (χ0) is 16.1. The Bertz CT molecular complexity index is 838. The largest absolute Gasteiger partial charge is 0.457 e. The molecule has 0 saturated heterocycles. The molecule has 1 heterocycles. The third kappa shape index (κ3) is 4.07. The number of ether oxygens (including phenoxy) is 1. The van der Waals surface area contributed by atoms with Crippen molar-refractivity contribution >= 4 is 11.6 Å². The summed E-state index contributed by atoms with van der Waals surface area (Å²) in [7, 11) is 0. The number of carbonyl (C=O) groups is 1. The van der Waals surface area contributed by atoms with E-state index in [0.29, 0.717) is 11.4 Å². The smallest absolute Gasteiger partial charge is 0.426 e. The van der Waals surface area contributed by atoms with Crippen LogP contribution >= 0.6 is 0 Å². The number of carbonyl (C=O) groups excluding carboxylic acids is 1. The predicted molar refractivity (Wildman–Crippen MR) is 81.1 cm³/mol. The first-order valence-electron chi connectivity index (χ1n) is 6.90. The van der Waals surface area contributed by atoms with E-state index in [1.54, 1.807) is 24.3 Å². The molecule has 1 amide bonds. The average Bonchev–Trinajstić information content (AvgIpc) is 2.95. The highest BCUT2D eigenvalue weighted by Crippen LogP contribution is 2.22. The van der Waals surface area contributed by atoms with Crippen LogP contribution in [0.4, 0.5) is 5.69 Å². The average molecular weight is 312 g/mol. The number of nitrogens with zero attached hydrogens (tertiary/aromatic N) is 1. The summed E-state index contributed by atoms with van der Waals surface area (Å²) in [5.74, 6) is 1.12. The van der Waals surface area contributed by atoms with Crippen molar-refractivity contribution in [2.75, 3.05) is 5.32 Å². The number of amides is 1. The number of H-pyrrole nitrogens is 1. The van der Waals surface area contributed by atoms with E-state index in [1.807, 2.05) is 30.3 Å². The third-order valence-corrected chi connectivity index (χ3v) is 2.96. The van der Waals surface area contributed by atoms with Gasteiger partial charge in [0, 0.05) is 5.69 Å². The highest BCUT2D eigenvalue weighted by Gasteiger charge is 2.13. The van der Waals surface area contributed by atoms with Crippen molar-refractivity contribution < 1.29 is 18.7 Å². The molecule has 0 unspecified atom stereocenters. The molecule has 0 saturated carbocycles. The minimum atomic E-state index is -0.541. The second-order valence-electron chi connectivity index (χ2n) is 4.76. The van der Waals surface area contributed by atoms with Crippen LogP contribution in [0.15, 0.2) is 70.1 Å². The van der Waals surface area contributed by atoms with Gasteiger partial charge in [-0.15, -0.1) is 0 Å². The summed E-state index contributed by atoms with van der Waals surface area (Å²) < 4.78 is 11.4. The molecule has 23 heavy (non-hydrogen) atoms. The minimum absolute atomic E-state index is 0.0476. The van der Waals surface area contributed by atoms with Crippen molar-refractivity contribution in [3.05, 3.63) is 71.2 Å². The van der Waals surface area contributed by atoms with Crippen LogP contribution < -0.4 is 20.4 Å². The maximum atomic E-state index is 11.8. The number of nitrogens with one attached hydrogen (secondary N) is 2. The molecule has 0 radical (unpaired) electrons. The maximum Gasteiger partial charge on any atom is 0.426 e. The van der Waals surface area contributed by atoms with Gasteiger partial charge in [-0.05, 0) is 41.7 Å². The molecule has 0 fully saturated rings. The SMILES string of the molecule is O=C(C[n+]1cc(=O)o[nH]1)Nc1ccc(Oc2ccccc2)cc1. The van der Waals surface area contributed by atoms with Crippen molar-refractivity contribution in [3.8, 4) is 11.5 Å². The van der Waals surface area contributed by atoms with E-state index in [0.717, 1.165) is 11.9 Å². The second kappa shape index (κ2) is 6.61. The number of benzene rings is 2. The van der Waals surface area contributed by atoms with Gasteiger partial charge >= 0.3 is 5.63 Å². The molecule has 0 aliphatic rings. The van der Waals surface area contributed by atoms with Crippen molar-refractivity contribution in [3.63, 3.8) is 0 Å². The quantitative estimate of drug-likeness (QED) is 0.702. The molecule has 0 aliphatic heterocycles. The second-order valence-corrected chi connectivity index (χ2v) is 4.76. The van der Waals surface area contributed by atoms with Crippen LogP contribution in [0, 0.1) is 0 Å². The summed E-state index contributed by atoms with van der Waals surface area (Å²) in [6, 6.07) is 16.4. The lowest BCUT2D eigenvalue weighted by atomic mass is 10.3. The first-order chi connectivity index (χ1) is 11.2. The van der Waals surface area contributed by atoms with Gasteiger partial charge in [-0.3, -0.25) is 9.32 Å². The molecule has 0 bridgehead atoms. The fraction of sp³-hybridized carbons (Fsp3) is 0.0625. The third-order valence-electron chi connectivity index (χ3n) is 2.96. The molecule has 0 aliphatic carbocycles. The lowest BCUT2D eigenvalue weighted by Crippen LogP contribution is -2.41. The minimum Gasteiger partial charge on any atom is -0.457 e. The topological polar surface area (TPSA) is 88.2 Å². The number of rotatable bonds is 5. The van der Waals surface area contributed by atoms with Crippen LogP contribution in [-0.2, 0) is 11.3 Å². The molecule has 116 valence electrons. The van der Waals surface area contributed by atoms with Gasteiger partial charge in [0.25, 0.3) is 18.6 Å². The zero-order valence-electron chi connectivity index (χ0n) is 12.1. The summed E-state index contributed by atoms with van der Waals surface area (Å²) in [5.41, 5.74) is 0.0852. The highest BCUT2D eigenvalue weighted by molar-refractivity contribution is 5.89. The van der Waals surface area contributed by atoms with Gasteiger partial charge in [0.2, 0.25) is 0 Å². The van der Waals surface area contributed by atoms with Crippen LogP contribution in [0.25, 0.3) is 0 Å². The fourth-order valence-corrected chi connectivity index (χ4v) is 1.95. The van der Waals surface area contributed by atoms with E-state index >= 15 is 0 Å². The Balaban J connectivity index is 1.58. The molecule has 0 spiro atoms. The van der Waals surface area contributed by atoms with Crippen LogP contribution in [0.1, 0.15) is 0 Å². The Morgan fingerprint density at radius 2 is 1.78 bits per heavy atom. The van der Waals surface area contributed by atoms with Crippen LogP contribution in [0.3, 0.4) is 0 Å². The van der Waals surface area contributed by atoms with E-state index in [2.05, 4.69) is 15.1 Å². The predicted octanol–water partition coefficient (Wildman–Crippen LogP) is 1.69. The molecular formula is C16H14N3O4+. The summed E-state index contributed by atoms with van der Waals surface area (Å²) >= 11 is 0. The van der Waals surface area contributed by atoms with Gasteiger partial charge in [0.15, 0.2) is 0 Å². The van der Waals surface area contributed by atoms with Crippen LogP contribution in [0.2, 0.25) is 0 Å². The molecule has 7 nitrogen and oxygen atoms in total. The summed E-state index contributed by atoms with van der Waals surface area (Å²) in [4.78, 5) is 22.7. The molecule has 0 atom stereocenters. The Hall–Kier alpha value is -3.35. The van der Waals surface area contributed by atoms with Gasteiger partial charge in [0.1, 0.15) is 11.5 Å². The van der Waals surface area contributed by atoms with E-state index in [-0.39, 0.29) is 12.5 Å². The normalized spacial score (nSPS) is 10.3. The maximum absolute atomic E-state index is 11.8. The standard InChI is InChI=1S/C16H13N3O4/c20-15(10-19-11-16(21)23-18-19)17-12-6-8-14(9-7-12)22-13-4-2-1-3-5-13/h1-9,11H,10H2,(H-,17,18,20,21)/p+1. The van der Waals surface area contributed by atoms with E-state index in [9.17, 15) is 9.59 Å². The Labute approximate surface area is 131 Å². The Morgan fingerprint density at radius 1 is 1.09 bits per heavy atom. The highest BCUT2D eigenvalue weighted by atomic mass is 16.5. The number of para-hydroxylation sites is 1. The number of aromatic nitrogens is 2. The fourth-order valence-electron chi connectivity index (χ4n) is 1.95. The van der Waals surface area contributed by atoms with Crippen molar-refractivity contribution in [1.29, 1.82) is 0 Å². The first-order valence-corrected chi connectivity index (χ1v) is 6.90. The molecule has 3 rings (SSSR count).